The van der Waals surface area contributed by atoms with E-state index in [0.717, 1.165) is 19.8 Å². The zero-order valence-electron chi connectivity index (χ0n) is 9.38. The first kappa shape index (κ1) is 10.4. The van der Waals surface area contributed by atoms with Crippen molar-refractivity contribution in [1.82, 2.24) is 10.2 Å². The largest absolute Gasteiger partial charge is 0.378 e. The summed E-state index contributed by atoms with van der Waals surface area (Å²) in [5, 5.41) is 3.60. The summed E-state index contributed by atoms with van der Waals surface area (Å²) in [5.41, 5.74) is 0.516. The molecule has 0 aromatic carbocycles. The summed E-state index contributed by atoms with van der Waals surface area (Å²) in [6.45, 7) is 7.89. The Labute approximate surface area is 86.8 Å². The molecule has 0 saturated carbocycles. The van der Waals surface area contributed by atoms with Crippen LogP contribution in [-0.2, 0) is 4.74 Å². The Balaban J connectivity index is 1.71. The lowest BCUT2D eigenvalue weighted by atomic mass is 9.80. The molecular weight excluding hydrogens is 176 g/mol. The van der Waals surface area contributed by atoms with Crippen LogP contribution < -0.4 is 5.32 Å². The number of rotatable bonds is 3. The van der Waals surface area contributed by atoms with Crippen molar-refractivity contribution < 1.29 is 4.74 Å². The highest BCUT2D eigenvalue weighted by Gasteiger charge is 2.30. The van der Waals surface area contributed by atoms with Gasteiger partial charge in [0.25, 0.3) is 0 Å². The molecule has 0 aromatic heterocycles. The van der Waals surface area contributed by atoms with Crippen molar-refractivity contribution in [3.8, 4) is 0 Å². The molecule has 2 saturated heterocycles. The van der Waals surface area contributed by atoms with E-state index in [9.17, 15) is 0 Å². The van der Waals surface area contributed by atoms with Gasteiger partial charge in [0.2, 0.25) is 0 Å². The summed E-state index contributed by atoms with van der Waals surface area (Å²) >= 11 is 0. The average molecular weight is 198 g/mol. The van der Waals surface area contributed by atoms with Crippen LogP contribution in [-0.4, -0.2) is 50.8 Å². The van der Waals surface area contributed by atoms with E-state index in [1.807, 2.05) is 0 Å². The van der Waals surface area contributed by atoms with Gasteiger partial charge in [0.05, 0.1) is 19.3 Å². The summed E-state index contributed by atoms with van der Waals surface area (Å²) in [6, 6.07) is 0.631. The molecule has 0 aliphatic carbocycles. The van der Waals surface area contributed by atoms with Gasteiger partial charge in [-0.3, -0.25) is 0 Å². The van der Waals surface area contributed by atoms with Crippen molar-refractivity contribution >= 4 is 0 Å². The number of likely N-dealkylation sites (tertiary alicyclic amines) is 1. The molecule has 2 rings (SSSR count). The van der Waals surface area contributed by atoms with Crippen LogP contribution in [0, 0.1) is 5.41 Å². The normalized spacial score (nSPS) is 28.7. The maximum atomic E-state index is 5.15. The van der Waals surface area contributed by atoms with Gasteiger partial charge < -0.3 is 15.0 Å². The predicted octanol–water partition coefficient (Wildman–Crippen LogP) is 0.707. The molecule has 2 heterocycles. The predicted molar refractivity (Wildman–Crippen MR) is 57.4 cm³/mol. The number of piperidine rings is 1. The van der Waals surface area contributed by atoms with Crippen molar-refractivity contribution in [2.75, 3.05) is 39.9 Å². The molecule has 14 heavy (non-hydrogen) atoms. The molecule has 3 nitrogen and oxygen atoms in total. The van der Waals surface area contributed by atoms with Crippen LogP contribution >= 0.6 is 0 Å². The minimum absolute atomic E-state index is 0.516. The molecule has 2 fully saturated rings. The van der Waals surface area contributed by atoms with Gasteiger partial charge in [-0.1, -0.05) is 6.92 Å². The fraction of sp³-hybridized carbons (Fsp3) is 1.00. The van der Waals surface area contributed by atoms with Gasteiger partial charge in [-0.25, -0.2) is 0 Å². The average Bonchev–Trinajstić information content (AvgIpc) is 2.08. The van der Waals surface area contributed by atoms with Crippen molar-refractivity contribution in [2.24, 2.45) is 5.41 Å². The number of hydrogen-bond donors (Lipinski definition) is 1. The molecule has 2 aliphatic rings. The summed E-state index contributed by atoms with van der Waals surface area (Å²) in [7, 11) is 2.22. The molecule has 0 unspecified atom stereocenters. The lowest BCUT2D eigenvalue weighted by Crippen LogP contribution is -2.51. The zero-order chi connectivity index (χ0) is 10.0. The van der Waals surface area contributed by atoms with Crippen molar-refractivity contribution in [1.29, 1.82) is 0 Å². The van der Waals surface area contributed by atoms with Gasteiger partial charge in [-0.15, -0.1) is 0 Å². The topological polar surface area (TPSA) is 24.5 Å². The second-order valence-corrected chi connectivity index (χ2v) is 5.23. The van der Waals surface area contributed by atoms with Crippen LogP contribution in [0.4, 0.5) is 0 Å². The van der Waals surface area contributed by atoms with E-state index in [-0.39, 0.29) is 0 Å². The molecule has 0 radical (unpaired) electrons. The van der Waals surface area contributed by atoms with Gasteiger partial charge in [0, 0.05) is 6.54 Å². The van der Waals surface area contributed by atoms with Crippen molar-refractivity contribution in [2.45, 2.75) is 25.8 Å². The third-order valence-electron chi connectivity index (χ3n) is 3.65. The second-order valence-electron chi connectivity index (χ2n) is 5.23. The number of nitrogens with one attached hydrogen (secondary N) is 1. The van der Waals surface area contributed by atoms with Gasteiger partial charge in [-0.2, -0.15) is 0 Å². The maximum Gasteiger partial charge on any atom is 0.0643 e. The first-order chi connectivity index (χ1) is 6.68. The van der Waals surface area contributed by atoms with Crippen molar-refractivity contribution in [3.63, 3.8) is 0 Å². The van der Waals surface area contributed by atoms with Gasteiger partial charge in [-0.05, 0) is 38.4 Å². The highest BCUT2D eigenvalue weighted by molar-refractivity contribution is 4.85. The highest BCUT2D eigenvalue weighted by atomic mass is 16.5. The smallest absolute Gasteiger partial charge is 0.0643 e. The van der Waals surface area contributed by atoms with Crippen molar-refractivity contribution in [3.05, 3.63) is 0 Å². The highest BCUT2D eigenvalue weighted by Crippen LogP contribution is 2.29. The van der Waals surface area contributed by atoms with E-state index in [0.29, 0.717) is 11.5 Å². The van der Waals surface area contributed by atoms with E-state index in [1.165, 1.54) is 25.9 Å². The molecule has 1 N–H and O–H groups in total. The third kappa shape index (κ3) is 2.47. The van der Waals surface area contributed by atoms with E-state index in [4.69, 9.17) is 4.74 Å². The van der Waals surface area contributed by atoms with Crippen LogP contribution in [0.2, 0.25) is 0 Å². The summed E-state index contributed by atoms with van der Waals surface area (Å²) in [5.74, 6) is 0. The third-order valence-corrected chi connectivity index (χ3v) is 3.65. The minimum Gasteiger partial charge on any atom is -0.378 e. The Bertz CT molecular complexity index is 184. The monoisotopic (exact) mass is 198 g/mol. The molecule has 2 aliphatic heterocycles. The summed E-state index contributed by atoms with van der Waals surface area (Å²) < 4.78 is 5.15. The van der Waals surface area contributed by atoms with E-state index in [1.54, 1.807) is 0 Å². The zero-order valence-corrected chi connectivity index (χ0v) is 9.38. The first-order valence-corrected chi connectivity index (χ1v) is 5.68. The Kier molecular flexibility index (Phi) is 3.10. The Morgan fingerprint density at radius 3 is 2.50 bits per heavy atom. The number of nitrogens with zero attached hydrogens (tertiary/aromatic N) is 1. The quantitative estimate of drug-likeness (QED) is 0.723. The van der Waals surface area contributed by atoms with Gasteiger partial charge in [0.15, 0.2) is 0 Å². The minimum atomic E-state index is 0.516. The van der Waals surface area contributed by atoms with Crippen LogP contribution in [0.5, 0.6) is 0 Å². The molecule has 0 bridgehead atoms. The Morgan fingerprint density at radius 2 is 2.00 bits per heavy atom. The van der Waals surface area contributed by atoms with E-state index < -0.39 is 0 Å². The fourth-order valence-electron chi connectivity index (χ4n) is 2.08. The Hall–Kier alpha value is -0.120. The Morgan fingerprint density at radius 1 is 1.36 bits per heavy atom. The van der Waals surface area contributed by atoms with E-state index >= 15 is 0 Å². The molecule has 82 valence electrons. The van der Waals surface area contributed by atoms with Crippen LogP contribution in [0.15, 0.2) is 0 Å². The second kappa shape index (κ2) is 4.17. The molecule has 0 spiro atoms. The maximum absolute atomic E-state index is 5.15. The van der Waals surface area contributed by atoms with E-state index in [2.05, 4.69) is 24.2 Å². The summed E-state index contributed by atoms with van der Waals surface area (Å²) in [4.78, 5) is 2.42. The van der Waals surface area contributed by atoms with Gasteiger partial charge in [0.1, 0.15) is 0 Å². The number of ether oxygens (including phenoxy) is 1. The fourth-order valence-corrected chi connectivity index (χ4v) is 2.08. The standard InChI is InChI=1S/C11H22N2O/c1-11(3-5-13(2)6-4-11)9-12-10-7-14-8-10/h10,12H,3-9H2,1-2H3. The molecule has 0 amide bonds. The molecule has 3 heteroatoms. The summed E-state index contributed by atoms with van der Waals surface area (Å²) in [6.07, 6.45) is 2.65. The SMILES string of the molecule is CN1CCC(C)(CNC2COC2)CC1. The molecular formula is C11H22N2O. The lowest BCUT2D eigenvalue weighted by molar-refractivity contribution is -0.0118. The van der Waals surface area contributed by atoms with Crippen LogP contribution in [0.1, 0.15) is 19.8 Å². The molecule has 0 aromatic rings. The molecule has 0 atom stereocenters. The van der Waals surface area contributed by atoms with Crippen LogP contribution in [0.25, 0.3) is 0 Å². The first-order valence-electron chi connectivity index (χ1n) is 5.68. The van der Waals surface area contributed by atoms with Crippen LogP contribution in [0.3, 0.4) is 0 Å². The van der Waals surface area contributed by atoms with Gasteiger partial charge >= 0.3 is 0 Å². The lowest BCUT2D eigenvalue weighted by Gasteiger charge is -2.40. The number of hydrogen-bond acceptors (Lipinski definition) is 3.